The van der Waals surface area contributed by atoms with E-state index in [0.29, 0.717) is 17.7 Å². The molecule has 2 N–H and O–H groups in total. The minimum atomic E-state index is -1.02. The summed E-state index contributed by atoms with van der Waals surface area (Å²) in [5.41, 5.74) is 1.56. The topological polar surface area (TPSA) is 66.4 Å². The number of aliphatic carboxylic acids is 1. The first kappa shape index (κ1) is 19.6. The molecular formula is C18H27NO3S. The van der Waals surface area contributed by atoms with Crippen LogP contribution < -0.4 is 5.32 Å². The van der Waals surface area contributed by atoms with Crippen molar-refractivity contribution >= 4 is 24.5 Å². The third-order valence-electron chi connectivity index (χ3n) is 3.83. The third kappa shape index (κ3) is 7.08. The van der Waals surface area contributed by atoms with Crippen LogP contribution in [-0.2, 0) is 11.2 Å². The van der Waals surface area contributed by atoms with Crippen molar-refractivity contribution in [3.8, 4) is 0 Å². The third-order valence-corrected chi connectivity index (χ3v) is 4.09. The van der Waals surface area contributed by atoms with Gasteiger partial charge in [0, 0.05) is 5.56 Å². The van der Waals surface area contributed by atoms with Crippen LogP contribution in [0, 0.1) is 0 Å². The van der Waals surface area contributed by atoms with Crippen molar-refractivity contribution in [2.45, 2.75) is 57.9 Å². The van der Waals surface area contributed by atoms with Gasteiger partial charge in [-0.1, -0.05) is 50.8 Å². The number of carbonyl (C=O) groups is 2. The number of nitrogens with one attached hydrogen (secondary N) is 1. The number of thiol groups is 1. The second kappa shape index (κ2) is 11.1. The predicted octanol–water partition coefficient (Wildman–Crippen LogP) is 3.70. The number of hydrogen-bond donors (Lipinski definition) is 3. The van der Waals surface area contributed by atoms with Gasteiger partial charge in [0.25, 0.3) is 5.91 Å². The standard InChI is InChI=1S/C18H27NO3S/c1-2-3-4-5-6-9-14-10-7-8-11-15(14)17(20)19-16(12-13-23)18(21)22/h7-8,10-11,16,23H,2-6,9,12-13H2,1H3,(H,19,20)(H,21,22)/t16-/m0/s1. The first-order valence-electron chi connectivity index (χ1n) is 8.32. The Morgan fingerprint density at radius 3 is 2.52 bits per heavy atom. The molecule has 0 unspecified atom stereocenters. The number of carboxylic acid groups (broad SMARTS) is 1. The molecule has 0 aliphatic heterocycles. The first-order chi connectivity index (χ1) is 11.1. The van der Waals surface area contributed by atoms with Gasteiger partial charge in [-0.25, -0.2) is 4.79 Å². The molecule has 1 aromatic carbocycles. The van der Waals surface area contributed by atoms with E-state index in [9.17, 15) is 9.59 Å². The molecule has 0 bridgehead atoms. The second-order valence-electron chi connectivity index (χ2n) is 5.70. The van der Waals surface area contributed by atoms with Crippen LogP contribution in [-0.4, -0.2) is 28.8 Å². The second-order valence-corrected chi connectivity index (χ2v) is 6.15. The van der Waals surface area contributed by atoms with Crippen molar-refractivity contribution in [1.82, 2.24) is 5.32 Å². The van der Waals surface area contributed by atoms with Gasteiger partial charge in [0.1, 0.15) is 6.04 Å². The molecule has 23 heavy (non-hydrogen) atoms. The number of aryl methyl sites for hydroxylation is 1. The number of benzene rings is 1. The van der Waals surface area contributed by atoms with E-state index in [1.54, 1.807) is 6.07 Å². The van der Waals surface area contributed by atoms with E-state index in [1.807, 2.05) is 18.2 Å². The average Bonchev–Trinajstić information content (AvgIpc) is 2.54. The molecular weight excluding hydrogens is 310 g/mol. The quantitative estimate of drug-likeness (QED) is 0.426. The SMILES string of the molecule is CCCCCCCc1ccccc1C(=O)N[C@@H](CCS)C(=O)O. The van der Waals surface area contributed by atoms with E-state index in [1.165, 1.54) is 19.3 Å². The molecule has 0 saturated carbocycles. The fourth-order valence-electron chi connectivity index (χ4n) is 2.50. The Labute approximate surface area is 144 Å². The summed E-state index contributed by atoms with van der Waals surface area (Å²) in [5.74, 6) is -0.927. The van der Waals surface area contributed by atoms with E-state index < -0.39 is 12.0 Å². The van der Waals surface area contributed by atoms with Gasteiger partial charge >= 0.3 is 5.97 Å². The maximum atomic E-state index is 12.4. The highest BCUT2D eigenvalue weighted by Crippen LogP contribution is 2.14. The molecule has 4 nitrogen and oxygen atoms in total. The highest BCUT2D eigenvalue weighted by Gasteiger charge is 2.20. The Balaban J connectivity index is 2.67. The van der Waals surface area contributed by atoms with E-state index in [0.717, 1.165) is 24.8 Å². The highest BCUT2D eigenvalue weighted by molar-refractivity contribution is 7.80. The van der Waals surface area contributed by atoms with Crippen molar-refractivity contribution in [1.29, 1.82) is 0 Å². The summed E-state index contributed by atoms with van der Waals surface area (Å²) in [5, 5.41) is 11.7. The molecule has 0 aliphatic carbocycles. The molecule has 0 spiro atoms. The summed E-state index contributed by atoms with van der Waals surface area (Å²) in [6, 6.07) is 6.54. The van der Waals surface area contributed by atoms with Crippen LogP contribution in [0.15, 0.2) is 24.3 Å². The van der Waals surface area contributed by atoms with E-state index in [2.05, 4.69) is 24.9 Å². The van der Waals surface area contributed by atoms with Gasteiger partial charge < -0.3 is 10.4 Å². The molecule has 1 amide bonds. The Bertz CT molecular complexity index is 505. The average molecular weight is 337 g/mol. The van der Waals surface area contributed by atoms with Crippen molar-refractivity contribution < 1.29 is 14.7 Å². The van der Waals surface area contributed by atoms with Crippen LogP contribution in [0.25, 0.3) is 0 Å². The molecule has 0 aromatic heterocycles. The van der Waals surface area contributed by atoms with Crippen LogP contribution >= 0.6 is 12.6 Å². The highest BCUT2D eigenvalue weighted by atomic mass is 32.1. The lowest BCUT2D eigenvalue weighted by Crippen LogP contribution is -2.41. The summed E-state index contributed by atoms with van der Waals surface area (Å²) in [4.78, 5) is 23.6. The van der Waals surface area contributed by atoms with Gasteiger partial charge in [-0.05, 0) is 36.6 Å². The van der Waals surface area contributed by atoms with Crippen LogP contribution in [0.2, 0.25) is 0 Å². The number of carboxylic acids is 1. The summed E-state index contributed by atoms with van der Waals surface area (Å²) in [7, 11) is 0. The number of rotatable bonds is 11. The number of unbranched alkanes of at least 4 members (excludes halogenated alkanes) is 4. The maximum Gasteiger partial charge on any atom is 0.326 e. The molecule has 1 aromatic rings. The Hall–Kier alpha value is -1.49. The van der Waals surface area contributed by atoms with E-state index >= 15 is 0 Å². The zero-order chi connectivity index (χ0) is 17.1. The van der Waals surface area contributed by atoms with Crippen molar-refractivity contribution in [2.75, 3.05) is 5.75 Å². The molecule has 0 aliphatic rings. The molecule has 5 heteroatoms. The number of carbonyl (C=O) groups excluding carboxylic acids is 1. The fraction of sp³-hybridized carbons (Fsp3) is 0.556. The Morgan fingerprint density at radius 1 is 1.17 bits per heavy atom. The number of amides is 1. The van der Waals surface area contributed by atoms with Crippen molar-refractivity contribution in [3.63, 3.8) is 0 Å². The lowest BCUT2D eigenvalue weighted by Gasteiger charge is -2.15. The van der Waals surface area contributed by atoms with E-state index in [-0.39, 0.29) is 5.91 Å². The lowest BCUT2D eigenvalue weighted by molar-refractivity contribution is -0.139. The molecule has 0 heterocycles. The van der Waals surface area contributed by atoms with E-state index in [4.69, 9.17) is 5.11 Å². The molecule has 0 fully saturated rings. The predicted molar refractivity (Wildman–Crippen MR) is 96.3 cm³/mol. The van der Waals surface area contributed by atoms with Gasteiger partial charge in [-0.2, -0.15) is 12.6 Å². The zero-order valence-corrected chi connectivity index (χ0v) is 14.6. The minimum absolute atomic E-state index is 0.309. The summed E-state index contributed by atoms with van der Waals surface area (Å²) in [6.07, 6.45) is 7.02. The largest absolute Gasteiger partial charge is 0.480 e. The minimum Gasteiger partial charge on any atom is -0.480 e. The smallest absolute Gasteiger partial charge is 0.326 e. The van der Waals surface area contributed by atoms with Gasteiger partial charge in [0.2, 0.25) is 0 Å². The van der Waals surface area contributed by atoms with Gasteiger partial charge in [0.15, 0.2) is 0 Å². The van der Waals surface area contributed by atoms with Crippen molar-refractivity contribution in [2.24, 2.45) is 0 Å². The van der Waals surface area contributed by atoms with Crippen LogP contribution in [0.5, 0.6) is 0 Å². The van der Waals surface area contributed by atoms with Crippen LogP contribution in [0.1, 0.15) is 61.4 Å². The Kier molecular flexibility index (Phi) is 9.45. The molecule has 1 rings (SSSR count). The molecule has 0 radical (unpaired) electrons. The van der Waals surface area contributed by atoms with Crippen LogP contribution in [0.4, 0.5) is 0 Å². The number of hydrogen-bond acceptors (Lipinski definition) is 3. The first-order valence-corrected chi connectivity index (χ1v) is 8.95. The monoisotopic (exact) mass is 337 g/mol. The molecule has 0 saturated heterocycles. The summed E-state index contributed by atoms with van der Waals surface area (Å²) >= 11 is 4.04. The zero-order valence-electron chi connectivity index (χ0n) is 13.8. The van der Waals surface area contributed by atoms with Gasteiger partial charge in [0.05, 0.1) is 0 Å². The maximum absolute atomic E-state index is 12.4. The van der Waals surface area contributed by atoms with Gasteiger partial charge in [-0.15, -0.1) is 0 Å². The summed E-state index contributed by atoms with van der Waals surface area (Å²) in [6.45, 7) is 2.18. The lowest BCUT2D eigenvalue weighted by atomic mass is 10.00. The van der Waals surface area contributed by atoms with Crippen LogP contribution in [0.3, 0.4) is 0 Å². The molecule has 1 atom stereocenters. The Morgan fingerprint density at radius 2 is 1.87 bits per heavy atom. The van der Waals surface area contributed by atoms with Crippen molar-refractivity contribution in [3.05, 3.63) is 35.4 Å². The normalized spacial score (nSPS) is 11.9. The summed E-state index contributed by atoms with van der Waals surface area (Å²) < 4.78 is 0. The fourth-order valence-corrected chi connectivity index (χ4v) is 2.76. The van der Waals surface area contributed by atoms with Gasteiger partial charge in [-0.3, -0.25) is 4.79 Å². The molecule has 128 valence electrons.